The van der Waals surface area contributed by atoms with Gasteiger partial charge in [0, 0.05) is 39.3 Å². The maximum absolute atomic E-state index is 12.0. The normalized spacial score (nSPS) is 17.0. The second-order valence-corrected chi connectivity index (χ2v) is 6.02. The van der Waals surface area contributed by atoms with Crippen LogP contribution in [0.25, 0.3) is 0 Å². The van der Waals surface area contributed by atoms with Crippen LogP contribution in [0.2, 0.25) is 0 Å². The second kappa shape index (κ2) is 8.41. The lowest BCUT2D eigenvalue weighted by molar-refractivity contribution is -0.124. The van der Waals surface area contributed by atoms with Crippen molar-refractivity contribution in [1.82, 2.24) is 15.5 Å². The molecule has 1 unspecified atom stereocenters. The molecule has 5 nitrogen and oxygen atoms in total. The first-order valence-electron chi connectivity index (χ1n) is 7.69. The fraction of sp³-hybridized carbons (Fsp3) is 0.562. The van der Waals surface area contributed by atoms with E-state index in [2.05, 4.69) is 28.2 Å². The Balaban J connectivity index is 1.75. The van der Waals surface area contributed by atoms with E-state index in [0.29, 0.717) is 12.3 Å². The number of amides is 1. The lowest BCUT2D eigenvalue weighted by Gasteiger charge is -2.27. The monoisotopic (exact) mass is 323 g/mol. The highest BCUT2D eigenvalue weighted by atomic mass is 32.1. The van der Waals surface area contributed by atoms with Gasteiger partial charge in [-0.3, -0.25) is 9.69 Å². The Morgan fingerprint density at radius 3 is 2.86 bits per heavy atom. The highest BCUT2D eigenvalue weighted by Crippen LogP contribution is 2.22. The van der Waals surface area contributed by atoms with Crippen LogP contribution in [0.4, 0.5) is 0 Å². The van der Waals surface area contributed by atoms with Crippen molar-refractivity contribution in [2.24, 2.45) is 0 Å². The van der Waals surface area contributed by atoms with Crippen molar-refractivity contribution >= 4 is 18.5 Å². The zero-order valence-corrected chi connectivity index (χ0v) is 14.2. The molecule has 0 radical (unpaired) electrons. The number of nitrogens with zero attached hydrogens (tertiary/aromatic N) is 1. The minimum absolute atomic E-state index is 0.195. The minimum atomic E-state index is -0.788. The molecule has 1 aromatic carbocycles. The molecule has 0 bridgehead atoms. The van der Waals surface area contributed by atoms with Crippen LogP contribution in [0.5, 0.6) is 5.75 Å². The molecule has 22 heavy (non-hydrogen) atoms. The van der Waals surface area contributed by atoms with Gasteiger partial charge in [-0.05, 0) is 31.0 Å². The quantitative estimate of drug-likeness (QED) is 0.539. The van der Waals surface area contributed by atoms with Crippen molar-refractivity contribution < 1.29 is 9.53 Å². The molecule has 1 amide bonds. The van der Waals surface area contributed by atoms with Gasteiger partial charge in [-0.1, -0.05) is 12.1 Å². The molecule has 0 spiro atoms. The van der Waals surface area contributed by atoms with Crippen molar-refractivity contribution in [3.8, 4) is 5.75 Å². The number of benzene rings is 1. The minimum Gasteiger partial charge on any atom is -0.470 e. The summed E-state index contributed by atoms with van der Waals surface area (Å²) in [6.07, 6.45) is 0. The Morgan fingerprint density at radius 1 is 1.41 bits per heavy atom. The molecule has 1 aliphatic heterocycles. The van der Waals surface area contributed by atoms with Crippen LogP contribution in [0.1, 0.15) is 11.1 Å². The summed E-state index contributed by atoms with van der Waals surface area (Å²) >= 11 is 4.26. The molecule has 1 aliphatic rings. The molecule has 1 aromatic rings. The molecular formula is C16H25N3O2S. The number of carbonyl (C=O) groups is 1. The highest BCUT2D eigenvalue weighted by Gasteiger charge is 2.17. The molecule has 2 N–H and O–H groups in total. The number of nitrogens with one attached hydrogen (secondary N) is 2. The van der Waals surface area contributed by atoms with Gasteiger partial charge in [0.2, 0.25) is 5.44 Å². The van der Waals surface area contributed by atoms with Crippen LogP contribution in [-0.2, 0) is 4.79 Å². The van der Waals surface area contributed by atoms with Gasteiger partial charge in [-0.2, -0.15) is 0 Å². The third-order valence-electron chi connectivity index (χ3n) is 3.95. The first-order chi connectivity index (χ1) is 10.6. The summed E-state index contributed by atoms with van der Waals surface area (Å²) in [6, 6.07) is 5.79. The Morgan fingerprint density at radius 2 is 2.14 bits per heavy atom. The predicted octanol–water partition coefficient (Wildman–Crippen LogP) is 0.960. The largest absolute Gasteiger partial charge is 0.470 e. The lowest BCUT2D eigenvalue weighted by atomic mass is 10.1. The van der Waals surface area contributed by atoms with Crippen LogP contribution < -0.4 is 15.4 Å². The van der Waals surface area contributed by atoms with Crippen molar-refractivity contribution in [2.45, 2.75) is 19.3 Å². The SMILES string of the molecule is Cc1cccc(OC(S)C(=O)NCCN2CCNCC2)c1C. The first kappa shape index (κ1) is 17.1. The van der Waals surface area contributed by atoms with Crippen LogP contribution >= 0.6 is 12.6 Å². The molecule has 0 aliphatic carbocycles. The summed E-state index contributed by atoms with van der Waals surface area (Å²) < 4.78 is 5.66. The predicted molar refractivity (Wildman–Crippen MR) is 91.6 cm³/mol. The lowest BCUT2D eigenvalue weighted by Crippen LogP contribution is -2.47. The van der Waals surface area contributed by atoms with E-state index in [1.165, 1.54) is 0 Å². The molecule has 1 atom stereocenters. The topological polar surface area (TPSA) is 53.6 Å². The number of aryl methyl sites for hydroxylation is 1. The van der Waals surface area contributed by atoms with Crippen LogP contribution in [-0.4, -0.2) is 55.5 Å². The zero-order valence-electron chi connectivity index (χ0n) is 13.3. The van der Waals surface area contributed by atoms with Crippen molar-refractivity contribution in [2.75, 3.05) is 39.3 Å². The van der Waals surface area contributed by atoms with Gasteiger partial charge in [0.1, 0.15) is 5.75 Å². The van der Waals surface area contributed by atoms with E-state index in [1.54, 1.807) is 0 Å². The van der Waals surface area contributed by atoms with Crippen molar-refractivity contribution in [3.63, 3.8) is 0 Å². The molecule has 6 heteroatoms. The van der Waals surface area contributed by atoms with Gasteiger partial charge in [0.25, 0.3) is 5.91 Å². The van der Waals surface area contributed by atoms with Crippen LogP contribution in [0, 0.1) is 13.8 Å². The number of thiol groups is 1. The van der Waals surface area contributed by atoms with E-state index in [-0.39, 0.29) is 5.91 Å². The number of ether oxygens (including phenoxy) is 1. The van der Waals surface area contributed by atoms with Gasteiger partial charge < -0.3 is 15.4 Å². The van der Waals surface area contributed by atoms with E-state index in [0.717, 1.165) is 43.9 Å². The number of hydrogen-bond donors (Lipinski definition) is 3. The van der Waals surface area contributed by atoms with E-state index >= 15 is 0 Å². The molecular weight excluding hydrogens is 298 g/mol. The number of piperazine rings is 1. The zero-order chi connectivity index (χ0) is 15.9. The smallest absolute Gasteiger partial charge is 0.271 e. The maximum atomic E-state index is 12.0. The fourth-order valence-corrected chi connectivity index (χ4v) is 2.59. The fourth-order valence-electron chi connectivity index (χ4n) is 2.38. The van der Waals surface area contributed by atoms with Crippen molar-refractivity contribution in [1.29, 1.82) is 0 Å². The summed E-state index contributed by atoms with van der Waals surface area (Å²) in [4.78, 5) is 14.4. The highest BCUT2D eigenvalue weighted by molar-refractivity contribution is 7.81. The molecule has 122 valence electrons. The van der Waals surface area contributed by atoms with E-state index < -0.39 is 5.44 Å². The Kier molecular flexibility index (Phi) is 6.54. The van der Waals surface area contributed by atoms with Gasteiger partial charge >= 0.3 is 0 Å². The summed E-state index contributed by atoms with van der Waals surface area (Å²) in [6.45, 7) is 9.55. The van der Waals surface area contributed by atoms with Gasteiger partial charge in [0.05, 0.1) is 0 Å². The molecule has 0 aromatic heterocycles. The van der Waals surface area contributed by atoms with E-state index in [4.69, 9.17) is 4.74 Å². The standard InChI is InChI=1S/C16H25N3O2S/c1-12-4-3-5-14(13(12)2)21-16(22)15(20)18-8-11-19-9-6-17-7-10-19/h3-5,16-17,22H,6-11H2,1-2H3,(H,18,20). The first-order valence-corrected chi connectivity index (χ1v) is 8.21. The number of carbonyl (C=O) groups excluding carboxylic acids is 1. The number of hydrogen-bond acceptors (Lipinski definition) is 5. The summed E-state index contributed by atoms with van der Waals surface area (Å²) in [5, 5.41) is 6.19. The Bertz CT molecular complexity index is 504. The van der Waals surface area contributed by atoms with Crippen LogP contribution in [0.3, 0.4) is 0 Å². The van der Waals surface area contributed by atoms with Gasteiger partial charge in [-0.15, -0.1) is 12.6 Å². The van der Waals surface area contributed by atoms with Gasteiger partial charge in [-0.25, -0.2) is 0 Å². The Hall–Kier alpha value is -1.24. The third-order valence-corrected chi connectivity index (χ3v) is 4.29. The molecule has 1 fully saturated rings. The van der Waals surface area contributed by atoms with E-state index in [1.807, 2.05) is 32.0 Å². The number of rotatable bonds is 6. The summed E-state index contributed by atoms with van der Waals surface area (Å²) in [5.41, 5.74) is 1.39. The molecule has 1 saturated heterocycles. The van der Waals surface area contributed by atoms with Crippen molar-refractivity contribution in [3.05, 3.63) is 29.3 Å². The van der Waals surface area contributed by atoms with Gasteiger partial charge in [0.15, 0.2) is 0 Å². The Labute approximate surface area is 137 Å². The van der Waals surface area contributed by atoms with E-state index in [9.17, 15) is 4.79 Å². The summed E-state index contributed by atoms with van der Waals surface area (Å²) in [7, 11) is 0. The average Bonchev–Trinajstić information content (AvgIpc) is 2.52. The maximum Gasteiger partial charge on any atom is 0.271 e. The summed E-state index contributed by atoms with van der Waals surface area (Å²) in [5.74, 6) is 0.511. The second-order valence-electron chi connectivity index (χ2n) is 5.55. The average molecular weight is 323 g/mol. The van der Waals surface area contributed by atoms with Crippen LogP contribution in [0.15, 0.2) is 18.2 Å². The molecule has 1 heterocycles. The molecule has 2 rings (SSSR count). The third kappa shape index (κ3) is 4.90. The molecule has 0 saturated carbocycles.